The minimum atomic E-state index is 0.716. The second kappa shape index (κ2) is 10.2. The molecule has 1 aliphatic rings. The first-order chi connectivity index (χ1) is 12.0. The highest BCUT2D eigenvalue weighted by Gasteiger charge is 2.19. The molecule has 0 atom stereocenters. The number of aryl methyl sites for hydroxylation is 1. The van der Waals surface area contributed by atoms with Gasteiger partial charge < -0.3 is 24.4 Å². The monoisotopic (exact) mass is 413 g/mol. The maximum atomic E-state index is 5.17. The summed E-state index contributed by atoms with van der Waals surface area (Å²) in [6, 6.07) is 2.15. The summed E-state index contributed by atoms with van der Waals surface area (Å²) in [7, 11) is 7.78. The average Bonchev–Trinajstić information content (AvgIpc) is 2.91. The van der Waals surface area contributed by atoms with E-state index in [1.54, 1.807) is 7.11 Å². The first kappa shape index (κ1) is 20.3. The maximum Gasteiger partial charge on any atom is 0.193 e. The van der Waals surface area contributed by atoms with Gasteiger partial charge in [0.2, 0.25) is 0 Å². The van der Waals surface area contributed by atoms with Crippen molar-refractivity contribution in [1.82, 2.24) is 19.7 Å². The third kappa shape index (κ3) is 6.31. The molecule has 25 heavy (non-hydrogen) atoms. The van der Waals surface area contributed by atoms with Crippen molar-refractivity contribution in [2.45, 2.75) is 19.4 Å². The summed E-state index contributed by atoms with van der Waals surface area (Å²) in [5, 5.41) is 3.56. The van der Waals surface area contributed by atoms with Crippen LogP contribution in [0.15, 0.2) is 21.7 Å². The molecule has 7 heteroatoms. The van der Waals surface area contributed by atoms with Gasteiger partial charge in [0.15, 0.2) is 5.96 Å². The Morgan fingerprint density at radius 2 is 2.16 bits per heavy atom. The molecule has 0 unspecified atom stereocenters. The lowest BCUT2D eigenvalue weighted by Crippen LogP contribution is -2.43. The minimum Gasteiger partial charge on any atom is -0.383 e. The van der Waals surface area contributed by atoms with Gasteiger partial charge in [-0.25, -0.2) is 0 Å². The van der Waals surface area contributed by atoms with E-state index < -0.39 is 0 Å². The molecule has 1 N–H and O–H groups in total. The Bertz CT molecular complexity index is 552. The number of ether oxygens (including phenoxy) is 1. The van der Waals surface area contributed by atoms with E-state index in [1.807, 2.05) is 7.05 Å². The molecular weight excluding hydrogens is 382 g/mol. The van der Waals surface area contributed by atoms with Gasteiger partial charge in [0.05, 0.1) is 13.2 Å². The van der Waals surface area contributed by atoms with Crippen molar-refractivity contribution < 1.29 is 4.74 Å². The predicted molar refractivity (Wildman–Crippen MR) is 107 cm³/mol. The fourth-order valence-corrected chi connectivity index (χ4v) is 3.87. The molecule has 1 fully saturated rings. The number of nitrogens with one attached hydrogen (secondary N) is 1. The number of likely N-dealkylation sites (tertiary alicyclic amines) is 1. The van der Waals surface area contributed by atoms with E-state index in [0.717, 1.165) is 36.7 Å². The number of aliphatic imine (C=N–C) groups is 1. The standard InChI is InChI=1S/C18H32BrN5O/c1-20-18(23(3)14-17-11-16(19)13-22(17)2)21-12-15-5-7-24(8-6-15)9-10-25-4/h11,13,15H,5-10,12,14H2,1-4H3,(H,20,21). The Morgan fingerprint density at radius 3 is 2.72 bits per heavy atom. The molecule has 0 spiro atoms. The van der Waals surface area contributed by atoms with Crippen LogP contribution in [0.2, 0.25) is 0 Å². The lowest BCUT2D eigenvalue weighted by atomic mass is 9.97. The molecule has 0 amide bonds. The van der Waals surface area contributed by atoms with Crippen LogP contribution >= 0.6 is 15.9 Å². The van der Waals surface area contributed by atoms with Crippen LogP contribution in [-0.4, -0.2) is 74.3 Å². The van der Waals surface area contributed by atoms with Gasteiger partial charge in [0.25, 0.3) is 0 Å². The van der Waals surface area contributed by atoms with Crippen molar-refractivity contribution in [2.24, 2.45) is 18.0 Å². The van der Waals surface area contributed by atoms with E-state index in [-0.39, 0.29) is 0 Å². The number of halogens is 1. The Hall–Kier alpha value is -1.05. The summed E-state index contributed by atoms with van der Waals surface area (Å²) >= 11 is 3.53. The minimum absolute atomic E-state index is 0.716. The molecule has 0 aromatic carbocycles. The van der Waals surface area contributed by atoms with E-state index in [4.69, 9.17) is 4.74 Å². The van der Waals surface area contributed by atoms with Crippen LogP contribution in [0.5, 0.6) is 0 Å². The summed E-state index contributed by atoms with van der Waals surface area (Å²) in [6.07, 6.45) is 4.56. The van der Waals surface area contributed by atoms with E-state index >= 15 is 0 Å². The van der Waals surface area contributed by atoms with Crippen LogP contribution < -0.4 is 5.32 Å². The molecule has 1 aromatic heterocycles. The molecule has 142 valence electrons. The average molecular weight is 414 g/mol. The van der Waals surface area contributed by atoms with Crippen LogP contribution in [0.3, 0.4) is 0 Å². The topological polar surface area (TPSA) is 45.0 Å². The normalized spacial score (nSPS) is 17.1. The van der Waals surface area contributed by atoms with Gasteiger partial charge >= 0.3 is 0 Å². The molecule has 1 aromatic rings. The van der Waals surface area contributed by atoms with Gasteiger partial charge in [-0.3, -0.25) is 4.99 Å². The number of aromatic nitrogens is 1. The third-order valence-electron chi connectivity index (χ3n) is 4.91. The highest BCUT2D eigenvalue weighted by atomic mass is 79.9. The van der Waals surface area contributed by atoms with Crippen LogP contribution in [0.4, 0.5) is 0 Å². The molecule has 0 bridgehead atoms. The first-order valence-corrected chi connectivity index (χ1v) is 9.76. The number of hydrogen-bond donors (Lipinski definition) is 1. The summed E-state index contributed by atoms with van der Waals surface area (Å²) in [4.78, 5) is 9.11. The van der Waals surface area contributed by atoms with Gasteiger partial charge in [-0.15, -0.1) is 0 Å². The fourth-order valence-electron chi connectivity index (χ4n) is 3.30. The van der Waals surface area contributed by atoms with Crippen LogP contribution in [0.25, 0.3) is 0 Å². The predicted octanol–water partition coefficient (Wildman–Crippen LogP) is 2.15. The van der Waals surface area contributed by atoms with Crippen molar-refractivity contribution >= 4 is 21.9 Å². The molecule has 2 heterocycles. The second-order valence-electron chi connectivity index (χ2n) is 6.82. The zero-order chi connectivity index (χ0) is 18.2. The Balaban J connectivity index is 1.76. The zero-order valence-electron chi connectivity index (χ0n) is 16.0. The highest BCUT2D eigenvalue weighted by molar-refractivity contribution is 9.10. The molecule has 1 aliphatic heterocycles. The van der Waals surface area contributed by atoms with Gasteiger partial charge in [0.1, 0.15) is 0 Å². The Kier molecular flexibility index (Phi) is 8.26. The van der Waals surface area contributed by atoms with Gasteiger partial charge in [-0.05, 0) is 53.8 Å². The van der Waals surface area contributed by atoms with Crippen LogP contribution in [0, 0.1) is 5.92 Å². The zero-order valence-corrected chi connectivity index (χ0v) is 17.5. The molecular formula is C18H32BrN5O. The van der Waals surface area contributed by atoms with Crippen molar-refractivity contribution in [3.05, 3.63) is 22.4 Å². The Labute approximate surface area is 160 Å². The van der Waals surface area contributed by atoms with Crippen molar-refractivity contribution in [2.75, 3.05) is 54.0 Å². The second-order valence-corrected chi connectivity index (χ2v) is 7.74. The fraction of sp³-hybridized carbons (Fsp3) is 0.722. The summed E-state index contributed by atoms with van der Waals surface area (Å²) < 4.78 is 8.43. The van der Waals surface area contributed by atoms with Crippen molar-refractivity contribution in [3.63, 3.8) is 0 Å². The van der Waals surface area contributed by atoms with Crippen LogP contribution in [0.1, 0.15) is 18.5 Å². The van der Waals surface area contributed by atoms with Gasteiger partial charge in [-0.2, -0.15) is 0 Å². The summed E-state index contributed by atoms with van der Waals surface area (Å²) in [5.41, 5.74) is 1.25. The number of guanidine groups is 1. The molecule has 0 saturated carbocycles. The molecule has 0 radical (unpaired) electrons. The van der Waals surface area contributed by atoms with E-state index in [1.165, 1.54) is 31.6 Å². The first-order valence-electron chi connectivity index (χ1n) is 8.97. The highest BCUT2D eigenvalue weighted by Crippen LogP contribution is 2.17. The molecule has 1 saturated heterocycles. The SMILES string of the molecule is CN=C(NCC1CCN(CCOC)CC1)N(C)Cc1cc(Br)cn1C. The van der Waals surface area contributed by atoms with Crippen LogP contribution in [-0.2, 0) is 18.3 Å². The number of nitrogens with zero attached hydrogens (tertiary/aromatic N) is 4. The van der Waals surface area contributed by atoms with E-state index in [9.17, 15) is 0 Å². The largest absolute Gasteiger partial charge is 0.383 e. The molecule has 0 aliphatic carbocycles. The summed E-state index contributed by atoms with van der Waals surface area (Å²) in [6.45, 7) is 6.04. The lowest BCUT2D eigenvalue weighted by molar-refractivity contribution is 0.120. The lowest BCUT2D eigenvalue weighted by Gasteiger charge is -2.32. The summed E-state index contributed by atoms with van der Waals surface area (Å²) in [5.74, 6) is 1.67. The Morgan fingerprint density at radius 1 is 1.44 bits per heavy atom. The smallest absolute Gasteiger partial charge is 0.193 e. The number of methoxy groups -OCH3 is 1. The van der Waals surface area contributed by atoms with Gasteiger partial charge in [-0.1, -0.05) is 0 Å². The van der Waals surface area contributed by atoms with E-state index in [0.29, 0.717) is 5.92 Å². The molecule has 2 rings (SSSR count). The molecule has 6 nitrogen and oxygen atoms in total. The quantitative estimate of drug-likeness (QED) is 0.549. The van der Waals surface area contributed by atoms with Crippen molar-refractivity contribution in [3.8, 4) is 0 Å². The van der Waals surface area contributed by atoms with Crippen molar-refractivity contribution in [1.29, 1.82) is 0 Å². The van der Waals surface area contributed by atoms with Gasteiger partial charge in [0, 0.05) is 57.7 Å². The number of hydrogen-bond acceptors (Lipinski definition) is 3. The maximum absolute atomic E-state index is 5.17. The number of rotatable bonds is 7. The van der Waals surface area contributed by atoms with E-state index in [2.05, 4.69) is 67.0 Å². The number of piperidine rings is 1. The third-order valence-corrected chi connectivity index (χ3v) is 5.35.